The summed E-state index contributed by atoms with van der Waals surface area (Å²) in [5, 5.41) is 1.89. The standard InChI is InChI=1S/C15H19N5O2S/c1-19(2)11-4-7-20(8-5-11)14-16-6-3-10(17-14)9-12-13(21)18-15(22)23-12/h3,6,9,11H,4-5,7-8H2,1-2H3,(H,18,21,22). The van der Waals surface area contributed by atoms with Gasteiger partial charge in [-0.05, 0) is 50.8 Å². The molecule has 0 radical (unpaired) electrons. The summed E-state index contributed by atoms with van der Waals surface area (Å²) in [6.07, 6.45) is 5.47. The van der Waals surface area contributed by atoms with Gasteiger partial charge in [0.2, 0.25) is 5.95 Å². The summed E-state index contributed by atoms with van der Waals surface area (Å²) in [5.74, 6) is 0.304. The molecule has 1 N–H and O–H groups in total. The number of hydrogen-bond acceptors (Lipinski definition) is 7. The Bertz CT molecular complexity index is 653. The number of hydrogen-bond donors (Lipinski definition) is 1. The summed E-state index contributed by atoms with van der Waals surface area (Å²) in [5.41, 5.74) is 0.636. The summed E-state index contributed by atoms with van der Waals surface area (Å²) >= 11 is 0.895. The third-order valence-corrected chi connectivity index (χ3v) is 4.87. The van der Waals surface area contributed by atoms with E-state index in [9.17, 15) is 9.59 Å². The van der Waals surface area contributed by atoms with Crippen molar-refractivity contribution in [2.45, 2.75) is 18.9 Å². The number of nitrogens with zero attached hydrogens (tertiary/aromatic N) is 4. The van der Waals surface area contributed by atoms with Gasteiger partial charge in [0.25, 0.3) is 11.1 Å². The molecule has 0 unspecified atom stereocenters. The Morgan fingerprint density at radius 2 is 2.09 bits per heavy atom. The summed E-state index contributed by atoms with van der Waals surface area (Å²) in [7, 11) is 4.21. The fourth-order valence-corrected chi connectivity index (χ4v) is 3.40. The molecule has 2 aliphatic rings. The highest BCUT2D eigenvalue weighted by Crippen LogP contribution is 2.25. The molecule has 0 bridgehead atoms. The van der Waals surface area contributed by atoms with Crippen LogP contribution in [0.1, 0.15) is 18.5 Å². The number of thioether (sulfide) groups is 1. The quantitative estimate of drug-likeness (QED) is 0.836. The van der Waals surface area contributed by atoms with Crippen molar-refractivity contribution in [3.63, 3.8) is 0 Å². The third-order valence-electron chi connectivity index (χ3n) is 4.06. The first kappa shape index (κ1) is 15.9. The van der Waals surface area contributed by atoms with Crippen LogP contribution in [-0.2, 0) is 4.79 Å². The van der Waals surface area contributed by atoms with Gasteiger partial charge in [-0.2, -0.15) is 0 Å². The van der Waals surface area contributed by atoms with Crippen LogP contribution in [-0.4, -0.2) is 59.2 Å². The molecule has 2 fully saturated rings. The first-order chi connectivity index (χ1) is 11.0. The highest BCUT2D eigenvalue weighted by Gasteiger charge is 2.26. The molecule has 0 spiro atoms. The number of carbonyl (C=O) groups excluding carboxylic acids is 2. The molecule has 2 amide bonds. The molecule has 0 aromatic carbocycles. The van der Waals surface area contributed by atoms with E-state index < -0.39 is 0 Å². The highest BCUT2D eigenvalue weighted by atomic mass is 32.2. The molecule has 0 atom stereocenters. The van der Waals surface area contributed by atoms with E-state index in [1.807, 2.05) is 0 Å². The highest BCUT2D eigenvalue weighted by molar-refractivity contribution is 8.18. The topological polar surface area (TPSA) is 78.4 Å². The summed E-state index contributed by atoms with van der Waals surface area (Å²) in [6, 6.07) is 2.33. The number of anilines is 1. The second-order valence-corrected chi connectivity index (χ2v) is 6.83. The molecule has 0 aliphatic carbocycles. The number of amides is 2. The number of carbonyl (C=O) groups is 2. The van der Waals surface area contributed by atoms with Crippen LogP contribution in [0.5, 0.6) is 0 Å². The summed E-state index contributed by atoms with van der Waals surface area (Å²) in [6.45, 7) is 1.83. The van der Waals surface area contributed by atoms with Crippen LogP contribution >= 0.6 is 11.8 Å². The maximum absolute atomic E-state index is 11.6. The molecule has 3 rings (SSSR count). The minimum absolute atomic E-state index is 0.346. The van der Waals surface area contributed by atoms with E-state index in [1.54, 1.807) is 18.3 Å². The zero-order valence-electron chi connectivity index (χ0n) is 13.2. The van der Waals surface area contributed by atoms with E-state index in [-0.39, 0.29) is 11.1 Å². The Morgan fingerprint density at radius 3 is 2.70 bits per heavy atom. The van der Waals surface area contributed by atoms with Gasteiger partial charge >= 0.3 is 0 Å². The molecule has 122 valence electrons. The van der Waals surface area contributed by atoms with Crippen molar-refractivity contribution >= 4 is 34.9 Å². The zero-order chi connectivity index (χ0) is 16.4. The molecule has 0 saturated carbocycles. The number of nitrogens with one attached hydrogen (secondary N) is 1. The van der Waals surface area contributed by atoms with Gasteiger partial charge in [0.1, 0.15) is 0 Å². The van der Waals surface area contributed by atoms with Crippen LogP contribution in [0.3, 0.4) is 0 Å². The van der Waals surface area contributed by atoms with Crippen LogP contribution in [0.25, 0.3) is 6.08 Å². The maximum atomic E-state index is 11.6. The first-order valence-electron chi connectivity index (χ1n) is 7.52. The van der Waals surface area contributed by atoms with Crippen molar-refractivity contribution < 1.29 is 9.59 Å². The Labute approximate surface area is 139 Å². The lowest BCUT2D eigenvalue weighted by Gasteiger charge is -2.35. The van der Waals surface area contributed by atoms with Crippen LogP contribution < -0.4 is 10.2 Å². The van der Waals surface area contributed by atoms with Crippen molar-refractivity contribution in [3.8, 4) is 0 Å². The fraction of sp³-hybridized carbons (Fsp3) is 0.467. The van der Waals surface area contributed by atoms with Crippen molar-refractivity contribution in [1.82, 2.24) is 20.2 Å². The van der Waals surface area contributed by atoms with Gasteiger partial charge in [0, 0.05) is 25.3 Å². The van der Waals surface area contributed by atoms with Crippen molar-refractivity contribution in [3.05, 3.63) is 22.9 Å². The van der Waals surface area contributed by atoms with Crippen molar-refractivity contribution in [2.75, 3.05) is 32.1 Å². The Kier molecular flexibility index (Phi) is 4.63. The average molecular weight is 333 g/mol. The molecule has 1 aromatic heterocycles. The second-order valence-electron chi connectivity index (χ2n) is 5.82. The molecule has 2 saturated heterocycles. The normalized spacial score (nSPS) is 21.3. The molecule has 7 nitrogen and oxygen atoms in total. The van der Waals surface area contributed by atoms with Crippen molar-refractivity contribution in [2.24, 2.45) is 0 Å². The maximum Gasteiger partial charge on any atom is 0.290 e. The van der Waals surface area contributed by atoms with Gasteiger partial charge in [0.15, 0.2) is 0 Å². The monoisotopic (exact) mass is 333 g/mol. The van der Waals surface area contributed by atoms with Crippen LogP contribution in [0.2, 0.25) is 0 Å². The van der Waals surface area contributed by atoms with Gasteiger partial charge < -0.3 is 9.80 Å². The van der Waals surface area contributed by atoms with E-state index in [4.69, 9.17) is 0 Å². The number of imide groups is 1. The zero-order valence-corrected chi connectivity index (χ0v) is 14.0. The molecule has 2 aliphatic heterocycles. The largest absolute Gasteiger partial charge is 0.341 e. The minimum Gasteiger partial charge on any atom is -0.341 e. The summed E-state index contributed by atoms with van der Waals surface area (Å²) in [4.78, 5) is 36.4. The average Bonchev–Trinajstić information content (AvgIpc) is 2.85. The Morgan fingerprint density at radius 1 is 1.35 bits per heavy atom. The van der Waals surface area contributed by atoms with Crippen molar-refractivity contribution in [1.29, 1.82) is 0 Å². The summed E-state index contributed by atoms with van der Waals surface area (Å²) < 4.78 is 0. The predicted molar refractivity (Wildman–Crippen MR) is 90.1 cm³/mol. The van der Waals surface area contributed by atoms with Gasteiger partial charge in [-0.25, -0.2) is 9.97 Å². The molecule has 23 heavy (non-hydrogen) atoms. The smallest absolute Gasteiger partial charge is 0.290 e. The Balaban J connectivity index is 1.72. The van der Waals surface area contributed by atoms with E-state index >= 15 is 0 Å². The third kappa shape index (κ3) is 3.70. The fourth-order valence-electron chi connectivity index (χ4n) is 2.73. The lowest BCUT2D eigenvalue weighted by atomic mass is 10.0. The first-order valence-corrected chi connectivity index (χ1v) is 8.34. The van der Waals surface area contributed by atoms with E-state index in [2.05, 4.69) is 39.2 Å². The van der Waals surface area contributed by atoms with Gasteiger partial charge in [-0.15, -0.1) is 0 Å². The number of piperidine rings is 1. The lowest BCUT2D eigenvalue weighted by Crippen LogP contribution is -2.42. The molecule has 3 heterocycles. The van der Waals surface area contributed by atoms with E-state index in [0.717, 1.165) is 37.7 Å². The van der Waals surface area contributed by atoms with Crippen LogP contribution in [0, 0.1) is 0 Å². The van der Waals surface area contributed by atoms with Crippen LogP contribution in [0.15, 0.2) is 17.2 Å². The van der Waals surface area contributed by atoms with Gasteiger partial charge in [-0.3, -0.25) is 14.9 Å². The predicted octanol–water partition coefficient (Wildman–Crippen LogP) is 1.33. The molecule has 1 aromatic rings. The van der Waals surface area contributed by atoms with Gasteiger partial charge in [0.05, 0.1) is 10.6 Å². The van der Waals surface area contributed by atoms with E-state index in [0.29, 0.717) is 22.6 Å². The molecule has 8 heteroatoms. The Hall–Kier alpha value is -1.93. The van der Waals surface area contributed by atoms with E-state index in [1.165, 1.54) is 0 Å². The molecular formula is C15H19N5O2S. The number of aromatic nitrogens is 2. The number of rotatable bonds is 3. The minimum atomic E-state index is -0.369. The van der Waals surface area contributed by atoms with Crippen LogP contribution in [0.4, 0.5) is 10.7 Å². The van der Waals surface area contributed by atoms with Gasteiger partial charge in [-0.1, -0.05) is 0 Å². The SMILES string of the molecule is CN(C)C1CCN(c2nccc(C=C3SC(=O)NC3=O)n2)CC1. The lowest BCUT2D eigenvalue weighted by molar-refractivity contribution is -0.115. The molecular weight excluding hydrogens is 314 g/mol. The second kappa shape index (κ2) is 6.67.